The Morgan fingerprint density at radius 3 is 2.66 bits per heavy atom. The summed E-state index contributed by atoms with van der Waals surface area (Å²) in [5.74, 6) is 0.638. The van der Waals surface area contributed by atoms with Gasteiger partial charge in [0.25, 0.3) is 5.56 Å². The first-order chi connectivity index (χ1) is 15.7. The zero-order chi connectivity index (χ0) is 22.3. The van der Waals surface area contributed by atoms with Crippen molar-refractivity contribution in [1.82, 2.24) is 14.5 Å². The first-order valence-corrected chi connectivity index (χ1v) is 11.6. The van der Waals surface area contributed by atoms with Crippen molar-refractivity contribution in [2.24, 2.45) is 5.92 Å². The number of nitrogens with one attached hydrogen (secondary N) is 1. The van der Waals surface area contributed by atoms with Crippen molar-refractivity contribution in [2.75, 3.05) is 25.1 Å². The second-order valence-electron chi connectivity index (χ2n) is 8.49. The summed E-state index contributed by atoms with van der Waals surface area (Å²) in [6.45, 7) is 4.33. The van der Waals surface area contributed by atoms with Crippen LogP contribution in [0, 0.1) is 11.7 Å². The molecule has 4 rings (SSSR count). The molecule has 1 aromatic carbocycles. The van der Waals surface area contributed by atoms with Crippen LogP contribution in [0.15, 0.2) is 41.3 Å². The third kappa shape index (κ3) is 5.33. The van der Waals surface area contributed by atoms with E-state index in [0.29, 0.717) is 42.7 Å². The number of hydrogen-bond donors (Lipinski definition) is 1. The van der Waals surface area contributed by atoms with Gasteiger partial charge in [0.15, 0.2) is 11.5 Å². The average Bonchev–Trinajstić information content (AvgIpc) is 2.82. The van der Waals surface area contributed by atoms with Crippen LogP contribution in [0.1, 0.15) is 45.4 Å². The summed E-state index contributed by atoms with van der Waals surface area (Å²) >= 11 is 0. The van der Waals surface area contributed by atoms with Gasteiger partial charge in [0, 0.05) is 31.5 Å². The minimum absolute atomic E-state index is 0.161. The van der Waals surface area contributed by atoms with Crippen molar-refractivity contribution in [2.45, 2.75) is 52.0 Å². The normalized spacial score (nSPS) is 14.7. The Morgan fingerprint density at radius 2 is 1.91 bits per heavy atom. The van der Waals surface area contributed by atoms with Gasteiger partial charge in [-0.3, -0.25) is 9.36 Å². The highest BCUT2D eigenvalue weighted by Gasteiger charge is 2.17. The third-order valence-electron chi connectivity index (χ3n) is 6.07. The molecule has 0 amide bonds. The predicted octanol–water partition coefficient (Wildman–Crippen LogP) is 5.02. The molecular weight excluding hydrogens is 407 g/mol. The maximum absolute atomic E-state index is 13.3. The molecule has 7 heteroatoms. The Balaban J connectivity index is 1.67. The molecule has 0 aliphatic heterocycles. The van der Waals surface area contributed by atoms with Crippen molar-refractivity contribution in [3.8, 4) is 11.1 Å². The molecule has 170 valence electrons. The number of rotatable bonds is 9. The molecule has 0 unspecified atom stereocenters. The standard InChI is InChI=1S/C25H31FN4O2/c1-2-13-32-14-12-30-22-15-20(19-8-10-21(26)11-9-19)17-28-23(22)29-24(25(30)31)27-16-18-6-4-3-5-7-18/h8-11,15,17-18H,2-7,12-14,16H2,1H3,(H,27,28,29). The minimum atomic E-state index is -0.289. The lowest BCUT2D eigenvalue weighted by Gasteiger charge is -2.22. The number of aromatic nitrogens is 3. The molecule has 1 fully saturated rings. The van der Waals surface area contributed by atoms with E-state index in [2.05, 4.69) is 22.2 Å². The zero-order valence-corrected chi connectivity index (χ0v) is 18.6. The van der Waals surface area contributed by atoms with E-state index in [-0.39, 0.29) is 11.4 Å². The van der Waals surface area contributed by atoms with Crippen LogP contribution in [-0.4, -0.2) is 34.3 Å². The topological polar surface area (TPSA) is 69.0 Å². The summed E-state index contributed by atoms with van der Waals surface area (Å²) in [4.78, 5) is 22.4. The molecule has 1 saturated carbocycles. The fourth-order valence-corrected chi connectivity index (χ4v) is 4.29. The molecule has 0 atom stereocenters. The van der Waals surface area contributed by atoms with Gasteiger partial charge in [-0.15, -0.1) is 0 Å². The monoisotopic (exact) mass is 438 g/mol. The summed E-state index contributed by atoms with van der Waals surface area (Å²) in [6, 6.07) is 8.15. The number of pyridine rings is 1. The molecular formula is C25H31FN4O2. The molecule has 0 spiro atoms. The third-order valence-corrected chi connectivity index (χ3v) is 6.07. The summed E-state index contributed by atoms with van der Waals surface area (Å²) in [5, 5.41) is 3.30. The Kier molecular flexibility index (Phi) is 7.47. The highest BCUT2D eigenvalue weighted by molar-refractivity contribution is 5.79. The van der Waals surface area contributed by atoms with Gasteiger partial charge in [-0.25, -0.2) is 14.4 Å². The minimum Gasteiger partial charge on any atom is -0.380 e. The van der Waals surface area contributed by atoms with Crippen LogP contribution in [0.4, 0.5) is 10.2 Å². The molecule has 0 radical (unpaired) electrons. The maximum atomic E-state index is 13.3. The van der Waals surface area contributed by atoms with Gasteiger partial charge in [-0.1, -0.05) is 38.3 Å². The quantitative estimate of drug-likeness (QED) is 0.475. The molecule has 1 aliphatic rings. The first kappa shape index (κ1) is 22.4. The van der Waals surface area contributed by atoms with Gasteiger partial charge in [0.1, 0.15) is 5.82 Å². The smallest absolute Gasteiger partial charge is 0.293 e. The summed E-state index contributed by atoms with van der Waals surface area (Å²) in [7, 11) is 0. The molecule has 6 nitrogen and oxygen atoms in total. The summed E-state index contributed by atoms with van der Waals surface area (Å²) in [6.07, 6.45) is 8.84. The van der Waals surface area contributed by atoms with Crippen molar-refractivity contribution in [3.05, 3.63) is 52.7 Å². The van der Waals surface area contributed by atoms with Crippen LogP contribution in [0.5, 0.6) is 0 Å². The van der Waals surface area contributed by atoms with Gasteiger partial charge < -0.3 is 10.1 Å². The second-order valence-corrected chi connectivity index (χ2v) is 8.49. The van der Waals surface area contributed by atoms with Crippen LogP contribution in [0.3, 0.4) is 0 Å². The average molecular weight is 439 g/mol. The van der Waals surface area contributed by atoms with E-state index in [4.69, 9.17) is 4.74 Å². The van der Waals surface area contributed by atoms with E-state index in [0.717, 1.165) is 24.1 Å². The molecule has 2 aromatic heterocycles. The van der Waals surface area contributed by atoms with E-state index < -0.39 is 0 Å². The molecule has 32 heavy (non-hydrogen) atoms. The van der Waals surface area contributed by atoms with Gasteiger partial charge in [0.05, 0.1) is 12.1 Å². The van der Waals surface area contributed by atoms with E-state index in [1.165, 1.54) is 44.2 Å². The molecule has 3 aromatic rings. The van der Waals surface area contributed by atoms with Crippen molar-refractivity contribution < 1.29 is 9.13 Å². The largest absolute Gasteiger partial charge is 0.380 e. The van der Waals surface area contributed by atoms with Crippen LogP contribution < -0.4 is 10.9 Å². The molecule has 0 saturated heterocycles. The van der Waals surface area contributed by atoms with Crippen molar-refractivity contribution in [3.63, 3.8) is 0 Å². The SMILES string of the molecule is CCCOCCn1c(=O)c(NCC2CCCCC2)nc2ncc(-c3ccc(F)cc3)cc21. The Hall–Kier alpha value is -2.80. The summed E-state index contributed by atoms with van der Waals surface area (Å²) < 4.78 is 20.7. The Labute approximate surface area is 187 Å². The molecule has 0 bridgehead atoms. The first-order valence-electron chi connectivity index (χ1n) is 11.6. The number of anilines is 1. The van der Waals surface area contributed by atoms with Gasteiger partial charge in [-0.05, 0) is 48.9 Å². The maximum Gasteiger partial charge on any atom is 0.293 e. The molecule has 2 heterocycles. The zero-order valence-electron chi connectivity index (χ0n) is 18.6. The lowest BCUT2D eigenvalue weighted by atomic mass is 9.89. The number of benzene rings is 1. The summed E-state index contributed by atoms with van der Waals surface area (Å²) in [5.41, 5.74) is 2.65. The fraction of sp³-hybridized carbons (Fsp3) is 0.480. The van der Waals surface area contributed by atoms with Crippen LogP contribution >= 0.6 is 0 Å². The number of hydrogen-bond acceptors (Lipinski definition) is 5. The number of ether oxygens (including phenoxy) is 1. The Bertz CT molecular complexity index is 1090. The van der Waals surface area contributed by atoms with Crippen molar-refractivity contribution in [1.29, 1.82) is 0 Å². The predicted molar refractivity (Wildman–Crippen MR) is 125 cm³/mol. The van der Waals surface area contributed by atoms with E-state index in [1.54, 1.807) is 22.9 Å². The number of fused-ring (bicyclic) bond motifs is 1. The highest BCUT2D eigenvalue weighted by atomic mass is 19.1. The number of halogens is 1. The van der Waals surface area contributed by atoms with E-state index in [1.807, 2.05) is 6.07 Å². The van der Waals surface area contributed by atoms with Crippen LogP contribution in [-0.2, 0) is 11.3 Å². The van der Waals surface area contributed by atoms with E-state index >= 15 is 0 Å². The number of nitrogens with zero attached hydrogens (tertiary/aromatic N) is 3. The second kappa shape index (κ2) is 10.7. The van der Waals surface area contributed by atoms with Gasteiger partial charge in [-0.2, -0.15) is 0 Å². The van der Waals surface area contributed by atoms with Crippen LogP contribution in [0.25, 0.3) is 22.3 Å². The molecule has 1 N–H and O–H groups in total. The van der Waals surface area contributed by atoms with Crippen molar-refractivity contribution >= 4 is 17.0 Å². The van der Waals surface area contributed by atoms with Gasteiger partial charge >= 0.3 is 0 Å². The lowest BCUT2D eigenvalue weighted by molar-refractivity contribution is 0.127. The van der Waals surface area contributed by atoms with Gasteiger partial charge in [0.2, 0.25) is 0 Å². The van der Waals surface area contributed by atoms with E-state index in [9.17, 15) is 9.18 Å². The Morgan fingerprint density at radius 1 is 1.12 bits per heavy atom. The molecule has 1 aliphatic carbocycles. The lowest BCUT2D eigenvalue weighted by Crippen LogP contribution is -2.29. The fourth-order valence-electron chi connectivity index (χ4n) is 4.29. The van der Waals surface area contributed by atoms with Crippen LogP contribution in [0.2, 0.25) is 0 Å². The highest BCUT2D eigenvalue weighted by Crippen LogP contribution is 2.25.